The summed E-state index contributed by atoms with van der Waals surface area (Å²) in [6.45, 7) is 3.68. The molecule has 0 radical (unpaired) electrons. The van der Waals surface area contributed by atoms with Crippen molar-refractivity contribution in [3.8, 4) is 0 Å². The van der Waals surface area contributed by atoms with Crippen LogP contribution in [0.2, 0.25) is 0 Å². The number of hydrogen-bond donors (Lipinski definition) is 1. The third kappa shape index (κ3) is 1.88. The largest absolute Gasteiger partial charge is 0.393 e. The molecule has 0 amide bonds. The van der Waals surface area contributed by atoms with Crippen LogP contribution < -0.4 is 0 Å². The Bertz CT molecular complexity index is 402. The molecule has 2 saturated carbocycles. The quantitative estimate of drug-likeness (QED) is 0.875. The van der Waals surface area contributed by atoms with Crippen molar-refractivity contribution >= 4 is 0 Å². The van der Waals surface area contributed by atoms with E-state index in [4.69, 9.17) is 4.52 Å². The molecular formula is C13H20N2O2. The lowest BCUT2D eigenvalue weighted by molar-refractivity contribution is 0.151. The summed E-state index contributed by atoms with van der Waals surface area (Å²) in [4.78, 5) is 4.49. The Labute approximate surface area is 101 Å². The summed E-state index contributed by atoms with van der Waals surface area (Å²) in [5.74, 6) is 3.55. The number of aromatic nitrogens is 2. The van der Waals surface area contributed by atoms with Gasteiger partial charge in [0.25, 0.3) is 0 Å². The molecule has 1 aromatic heterocycles. The molecule has 1 aromatic rings. The van der Waals surface area contributed by atoms with E-state index in [2.05, 4.69) is 10.1 Å². The number of hydrogen-bond acceptors (Lipinski definition) is 4. The fourth-order valence-corrected chi connectivity index (χ4v) is 3.35. The highest BCUT2D eigenvalue weighted by Gasteiger charge is 2.42. The maximum absolute atomic E-state index is 9.53. The summed E-state index contributed by atoms with van der Waals surface area (Å²) in [5, 5.41) is 13.6. The van der Waals surface area contributed by atoms with E-state index in [9.17, 15) is 5.11 Å². The van der Waals surface area contributed by atoms with Crippen LogP contribution >= 0.6 is 0 Å². The van der Waals surface area contributed by atoms with Crippen molar-refractivity contribution in [2.45, 2.75) is 57.5 Å². The van der Waals surface area contributed by atoms with Crippen LogP contribution in [0, 0.1) is 11.8 Å². The van der Waals surface area contributed by atoms with Crippen LogP contribution in [0.25, 0.3) is 0 Å². The lowest BCUT2D eigenvalue weighted by Crippen LogP contribution is -2.13. The molecule has 3 rings (SSSR count). The standard InChI is InChI=1S/C13H20N2O2/c1-7(8(2)16)13-14-12(15-17-13)11-6-9-3-4-10(11)5-9/h7-11,16H,3-6H2,1-2H3. The smallest absolute Gasteiger partial charge is 0.232 e. The molecule has 0 aliphatic heterocycles. The molecule has 0 aromatic carbocycles. The van der Waals surface area contributed by atoms with E-state index in [1.807, 2.05) is 6.92 Å². The van der Waals surface area contributed by atoms with Gasteiger partial charge in [0, 0.05) is 5.92 Å². The maximum atomic E-state index is 9.53. The molecule has 1 heterocycles. The van der Waals surface area contributed by atoms with Crippen LogP contribution in [0.3, 0.4) is 0 Å². The number of aliphatic hydroxyl groups is 1. The highest BCUT2D eigenvalue weighted by Crippen LogP contribution is 2.52. The predicted molar refractivity (Wildman–Crippen MR) is 62.6 cm³/mol. The van der Waals surface area contributed by atoms with Gasteiger partial charge in [-0.2, -0.15) is 4.98 Å². The van der Waals surface area contributed by atoms with Gasteiger partial charge in [-0.25, -0.2) is 0 Å². The second-order valence-corrected chi connectivity index (χ2v) is 5.80. The van der Waals surface area contributed by atoms with Gasteiger partial charge in [0.2, 0.25) is 5.89 Å². The van der Waals surface area contributed by atoms with Crippen LogP contribution in [-0.2, 0) is 0 Å². The zero-order chi connectivity index (χ0) is 12.0. The summed E-state index contributed by atoms with van der Waals surface area (Å²) >= 11 is 0. The van der Waals surface area contributed by atoms with Crippen molar-refractivity contribution < 1.29 is 9.63 Å². The van der Waals surface area contributed by atoms with Gasteiger partial charge < -0.3 is 9.63 Å². The highest BCUT2D eigenvalue weighted by molar-refractivity contribution is 5.07. The maximum Gasteiger partial charge on any atom is 0.232 e. The van der Waals surface area contributed by atoms with E-state index in [0.717, 1.165) is 17.7 Å². The summed E-state index contributed by atoms with van der Waals surface area (Å²) < 4.78 is 5.29. The van der Waals surface area contributed by atoms with E-state index in [0.29, 0.717) is 11.8 Å². The molecule has 17 heavy (non-hydrogen) atoms. The third-order valence-electron chi connectivity index (χ3n) is 4.64. The molecule has 0 spiro atoms. The Kier molecular flexibility index (Phi) is 2.69. The van der Waals surface area contributed by atoms with Crippen LogP contribution in [0.15, 0.2) is 4.52 Å². The first-order chi connectivity index (χ1) is 8.15. The predicted octanol–water partition coefficient (Wildman–Crippen LogP) is 2.46. The van der Waals surface area contributed by atoms with Crippen molar-refractivity contribution in [1.29, 1.82) is 0 Å². The van der Waals surface area contributed by atoms with Gasteiger partial charge in [-0.15, -0.1) is 0 Å². The molecule has 0 saturated heterocycles. The average molecular weight is 236 g/mol. The lowest BCUT2D eigenvalue weighted by Gasteiger charge is -2.17. The molecule has 2 bridgehead atoms. The third-order valence-corrected chi connectivity index (χ3v) is 4.64. The zero-order valence-electron chi connectivity index (χ0n) is 10.5. The first-order valence-electron chi connectivity index (χ1n) is 6.66. The lowest BCUT2D eigenvalue weighted by atomic mass is 9.88. The van der Waals surface area contributed by atoms with Crippen LogP contribution in [-0.4, -0.2) is 21.4 Å². The van der Waals surface area contributed by atoms with Crippen LogP contribution in [0.1, 0.15) is 63.1 Å². The fourth-order valence-electron chi connectivity index (χ4n) is 3.35. The normalized spacial score (nSPS) is 35.1. The Balaban J connectivity index is 1.77. The van der Waals surface area contributed by atoms with E-state index >= 15 is 0 Å². The molecule has 1 N–H and O–H groups in total. The van der Waals surface area contributed by atoms with Crippen LogP contribution in [0.5, 0.6) is 0 Å². The van der Waals surface area contributed by atoms with Crippen molar-refractivity contribution in [3.63, 3.8) is 0 Å². The van der Waals surface area contributed by atoms with Gasteiger partial charge in [0.15, 0.2) is 5.82 Å². The molecule has 5 unspecified atom stereocenters. The van der Waals surface area contributed by atoms with E-state index in [-0.39, 0.29) is 5.92 Å². The van der Waals surface area contributed by atoms with E-state index < -0.39 is 6.10 Å². The van der Waals surface area contributed by atoms with Crippen LogP contribution in [0.4, 0.5) is 0 Å². The number of nitrogens with zero attached hydrogens (tertiary/aromatic N) is 2. The minimum absolute atomic E-state index is 0.0742. The van der Waals surface area contributed by atoms with Crippen molar-refractivity contribution in [3.05, 3.63) is 11.7 Å². The molecular weight excluding hydrogens is 216 g/mol. The number of rotatable bonds is 3. The molecule has 94 valence electrons. The van der Waals surface area contributed by atoms with E-state index in [1.54, 1.807) is 6.92 Å². The second kappa shape index (κ2) is 4.09. The van der Waals surface area contributed by atoms with Gasteiger partial charge in [0.05, 0.1) is 12.0 Å². The van der Waals surface area contributed by atoms with Gasteiger partial charge in [-0.05, 0) is 38.0 Å². The summed E-state index contributed by atoms with van der Waals surface area (Å²) in [7, 11) is 0. The van der Waals surface area contributed by atoms with Gasteiger partial charge >= 0.3 is 0 Å². The number of fused-ring (bicyclic) bond motifs is 2. The summed E-state index contributed by atoms with van der Waals surface area (Å²) in [5.41, 5.74) is 0. The van der Waals surface area contributed by atoms with Gasteiger partial charge in [0.1, 0.15) is 0 Å². The first-order valence-corrected chi connectivity index (χ1v) is 6.66. The molecule has 2 fully saturated rings. The Morgan fingerprint density at radius 2 is 2.12 bits per heavy atom. The highest BCUT2D eigenvalue weighted by atomic mass is 16.5. The van der Waals surface area contributed by atoms with Crippen molar-refractivity contribution in [2.24, 2.45) is 11.8 Å². The van der Waals surface area contributed by atoms with Gasteiger partial charge in [-0.1, -0.05) is 18.5 Å². The van der Waals surface area contributed by atoms with Crippen molar-refractivity contribution in [2.75, 3.05) is 0 Å². The SMILES string of the molecule is CC(O)C(C)c1nc(C2CC3CCC2C3)no1. The summed E-state index contributed by atoms with van der Waals surface area (Å²) in [6, 6.07) is 0. The van der Waals surface area contributed by atoms with E-state index in [1.165, 1.54) is 25.7 Å². The minimum Gasteiger partial charge on any atom is -0.393 e. The molecule has 5 atom stereocenters. The number of aliphatic hydroxyl groups excluding tert-OH is 1. The topological polar surface area (TPSA) is 59.2 Å². The second-order valence-electron chi connectivity index (χ2n) is 5.80. The first kappa shape index (κ1) is 11.2. The Hall–Kier alpha value is -0.900. The monoisotopic (exact) mass is 236 g/mol. The van der Waals surface area contributed by atoms with Crippen molar-refractivity contribution in [1.82, 2.24) is 10.1 Å². The zero-order valence-corrected chi connectivity index (χ0v) is 10.5. The fraction of sp³-hybridized carbons (Fsp3) is 0.846. The Morgan fingerprint density at radius 3 is 2.71 bits per heavy atom. The molecule has 4 nitrogen and oxygen atoms in total. The average Bonchev–Trinajstić information content (AvgIpc) is 3.02. The molecule has 2 aliphatic rings. The minimum atomic E-state index is -0.441. The Morgan fingerprint density at radius 1 is 1.29 bits per heavy atom. The summed E-state index contributed by atoms with van der Waals surface area (Å²) in [6.07, 6.45) is 4.84. The molecule has 4 heteroatoms. The van der Waals surface area contributed by atoms with Gasteiger partial charge in [-0.3, -0.25) is 0 Å². The molecule has 2 aliphatic carbocycles.